The molecule has 3 saturated carbocycles. The second-order valence-electron chi connectivity index (χ2n) is 10.2. The SMILES string of the molecule is CC=C[C@@]1(OC(C)=O)CC[C@H]2[C@@H]3CC(C)C4=CC(=O)CC[C@]4(C=O)[C@H]3CC[C@@]21C. The maximum Gasteiger partial charge on any atom is 0.303 e. The molecule has 0 aromatic rings. The zero-order valence-electron chi connectivity index (χ0n) is 18.2. The highest BCUT2D eigenvalue weighted by Gasteiger charge is 2.66. The Kier molecular flexibility index (Phi) is 4.91. The minimum atomic E-state index is -0.542. The fourth-order valence-electron chi connectivity index (χ4n) is 7.89. The summed E-state index contributed by atoms with van der Waals surface area (Å²) in [6.45, 7) is 7.99. The van der Waals surface area contributed by atoms with Gasteiger partial charge in [0.25, 0.3) is 0 Å². The second kappa shape index (κ2) is 6.92. The minimum absolute atomic E-state index is 0.109. The molecule has 0 aromatic heterocycles. The minimum Gasteiger partial charge on any atom is -0.454 e. The number of hydrogen-bond acceptors (Lipinski definition) is 4. The van der Waals surface area contributed by atoms with Gasteiger partial charge >= 0.3 is 5.97 Å². The summed E-state index contributed by atoms with van der Waals surface area (Å²) in [5, 5.41) is 0. The molecule has 0 aromatic carbocycles. The first-order valence-corrected chi connectivity index (χ1v) is 11.3. The zero-order valence-corrected chi connectivity index (χ0v) is 18.2. The van der Waals surface area contributed by atoms with Gasteiger partial charge in [-0.1, -0.05) is 25.5 Å². The highest BCUT2D eigenvalue weighted by molar-refractivity contribution is 5.93. The Hall–Kier alpha value is -1.71. The van der Waals surface area contributed by atoms with E-state index in [-0.39, 0.29) is 23.1 Å². The maximum absolute atomic E-state index is 12.5. The summed E-state index contributed by atoms with van der Waals surface area (Å²) < 4.78 is 6.04. The zero-order chi connectivity index (χ0) is 21.0. The lowest BCUT2D eigenvalue weighted by atomic mass is 9.44. The Labute approximate surface area is 174 Å². The summed E-state index contributed by atoms with van der Waals surface area (Å²) in [4.78, 5) is 36.7. The molecule has 158 valence electrons. The van der Waals surface area contributed by atoms with Gasteiger partial charge in [0.15, 0.2) is 5.78 Å². The fourth-order valence-corrected chi connectivity index (χ4v) is 7.89. The van der Waals surface area contributed by atoms with Crippen molar-refractivity contribution in [1.82, 2.24) is 0 Å². The van der Waals surface area contributed by atoms with Crippen molar-refractivity contribution in [3.8, 4) is 0 Å². The number of carbonyl (C=O) groups excluding carboxylic acids is 3. The Balaban J connectivity index is 1.75. The van der Waals surface area contributed by atoms with Gasteiger partial charge in [0.1, 0.15) is 11.9 Å². The number of ketones is 1. The number of fused-ring (bicyclic) bond motifs is 5. The Bertz CT molecular complexity index is 795. The summed E-state index contributed by atoms with van der Waals surface area (Å²) in [5.41, 5.74) is -0.0297. The van der Waals surface area contributed by atoms with Gasteiger partial charge in [-0.15, -0.1) is 0 Å². The third-order valence-electron chi connectivity index (χ3n) is 9.05. The summed E-state index contributed by atoms with van der Waals surface area (Å²) in [7, 11) is 0. The van der Waals surface area contributed by atoms with E-state index in [0.717, 1.165) is 37.7 Å². The molecule has 7 atom stereocenters. The van der Waals surface area contributed by atoms with E-state index in [1.54, 1.807) is 6.08 Å². The van der Waals surface area contributed by atoms with E-state index in [4.69, 9.17) is 4.74 Å². The van der Waals surface area contributed by atoms with Crippen LogP contribution >= 0.6 is 0 Å². The third-order valence-corrected chi connectivity index (χ3v) is 9.05. The molecule has 1 unspecified atom stereocenters. The molecule has 4 aliphatic carbocycles. The normalized spacial score (nSPS) is 46.5. The number of esters is 1. The molecule has 0 spiro atoms. The van der Waals surface area contributed by atoms with E-state index >= 15 is 0 Å². The van der Waals surface area contributed by atoms with Crippen LogP contribution in [0.15, 0.2) is 23.8 Å². The van der Waals surface area contributed by atoms with E-state index < -0.39 is 11.0 Å². The van der Waals surface area contributed by atoms with Crippen molar-refractivity contribution in [2.75, 3.05) is 0 Å². The van der Waals surface area contributed by atoms with Crippen LogP contribution in [0.4, 0.5) is 0 Å². The van der Waals surface area contributed by atoms with E-state index in [1.807, 2.05) is 13.0 Å². The van der Waals surface area contributed by atoms with Gasteiger partial charge in [-0.25, -0.2) is 0 Å². The quantitative estimate of drug-likeness (QED) is 0.388. The third kappa shape index (κ3) is 2.74. The van der Waals surface area contributed by atoms with Crippen molar-refractivity contribution in [3.05, 3.63) is 23.8 Å². The molecule has 3 fully saturated rings. The number of allylic oxidation sites excluding steroid dienone is 2. The summed E-state index contributed by atoms with van der Waals surface area (Å²) >= 11 is 0. The van der Waals surface area contributed by atoms with Gasteiger partial charge in [0.2, 0.25) is 0 Å². The summed E-state index contributed by atoms with van der Waals surface area (Å²) in [6, 6.07) is 0. The van der Waals surface area contributed by atoms with Crippen LogP contribution < -0.4 is 0 Å². The number of rotatable bonds is 3. The van der Waals surface area contributed by atoms with Crippen LogP contribution in [0, 0.1) is 34.5 Å². The molecular weight excluding hydrogens is 364 g/mol. The van der Waals surface area contributed by atoms with E-state index in [0.29, 0.717) is 30.6 Å². The van der Waals surface area contributed by atoms with Crippen molar-refractivity contribution < 1.29 is 19.1 Å². The predicted molar refractivity (Wildman–Crippen MR) is 111 cm³/mol. The lowest BCUT2D eigenvalue weighted by molar-refractivity contribution is -0.172. The predicted octanol–water partition coefficient (Wildman–Crippen LogP) is 4.82. The molecule has 0 bridgehead atoms. The van der Waals surface area contributed by atoms with Crippen molar-refractivity contribution in [1.29, 1.82) is 0 Å². The second-order valence-corrected chi connectivity index (χ2v) is 10.2. The lowest BCUT2D eigenvalue weighted by Gasteiger charge is -2.59. The molecule has 0 saturated heterocycles. The molecule has 4 rings (SSSR count). The highest BCUT2D eigenvalue weighted by Crippen LogP contribution is 2.68. The Morgan fingerprint density at radius 3 is 2.59 bits per heavy atom. The molecule has 0 aliphatic heterocycles. The maximum atomic E-state index is 12.5. The molecular formula is C25H34O4. The standard InChI is InChI=1S/C25H34O4/c1-5-9-25(29-17(3)27)12-8-20-19-13-16(2)22-14-18(28)6-11-24(22,15-26)21(19)7-10-23(20,25)4/h5,9,14-16,19-21H,6-8,10-13H2,1-4H3/t16?,19-,20-,21-,23-,24-,25+/m0/s1. The van der Waals surface area contributed by atoms with E-state index in [9.17, 15) is 14.4 Å². The molecule has 0 heterocycles. The van der Waals surface area contributed by atoms with Crippen molar-refractivity contribution >= 4 is 18.0 Å². The molecule has 4 heteroatoms. The van der Waals surface area contributed by atoms with E-state index in [2.05, 4.69) is 19.9 Å². The first-order valence-electron chi connectivity index (χ1n) is 11.3. The molecule has 29 heavy (non-hydrogen) atoms. The number of aldehydes is 1. The largest absolute Gasteiger partial charge is 0.454 e. The number of carbonyl (C=O) groups is 3. The van der Waals surface area contributed by atoms with Crippen molar-refractivity contribution in [2.24, 2.45) is 34.5 Å². The molecule has 0 amide bonds. The number of hydrogen-bond donors (Lipinski definition) is 0. The van der Waals surface area contributed by atoms with Gasteiger partial charge in [-0.05, 0) is 81.3 Å². The summed E-state index contributed by atoms with van der Waals surface area (Å²) in [5.74, 6) is 1.36. The average molecular weight is 399 g/mol. The monoisotopic (exact) mass is 398 g/mol. The van der Waals surface area contributed by atoms with Crippen LogP contribution in [-0.4, -0.2) is 23.6 Å². The molecule has 4 nitrogen and oxygen atoms in total. The van der Waals surface area contributed by atoms with Crippen LogP contribution in [0.3, 0.4) is 0 Å². The van der Waals surface area contributed by atoms with Gasteiger partial charge in [0.05, 0.1) is 5.41 Å². The van der Waals surface area contributed by atoms with Crippen LogP contribution in [-0.2, 0) is 19.1 Å². The molecule has 4 aliphatic rings. The van der Waals surface area contributed by atoms with Crippen LogP contribution in [0.2, 0.25) is 0 Å². The average Bonchev–Trinajstić information content (AvgIpc) is 2.94. The summed E-state index contributed by atoms with van der Waals surface area (Å²) in [6.07, 6.45) is 13.1. The van der Waals surface area contributed by atoms with Crippen molar-refractivity contribution in [2.45, 2.75) is 78.2 Å². The van der Waals surface area contributed by atoms with E-state index in [1.165, 1.54) is 13.2 Å². The van der Waals surface area contributed by atoms with Gasteiger partial charge in [0, 0.05) is 18.8 Å². The first kappa shape index (κ1) is 20.6. The van der Waals surface area contributed by atoms with Crippen LogP contribution in [0.1, 0.15) is 72.6 Å². The fraction of sp³-hybridized carbons (Fsp3) is 0.720. The van der Waals surface area contributed by atoms with Crippen molar-refractivity contribution in [3.63, 3.8) is 0 Å². The Morgan fingerprint density at radius 2 is 1.93 bits per heavy atom. The Morgan fingerprint density at radius 1 is 1.21 bits per heavy atom. The first-order chi connectivity index (χ1) is 13.7. The van der Waals surface area contributed by atoms with Gasteiger partial charge in [-0.2, -0.15) is 0 Å². The topological polar surface area (TPSA) is 60.4 Å². The van der Waals surface area contributed by atoms with Crippen LogP contribution in [0.5, 0.6) is 0 Å². The number of ether oxygens (including phenoxy) is 1. The van der Waals surface area contributed by atoms with Gasteiger partial charge in [-0.3, -0.25) is 9.59 Å². The lowest BCUT2D eigenvalue weighted by Crippen LogP contribution is -2.57. The highest BCUT2D eigenvalue weighted by atomic mass is 16.6. The smallest absolute Gasteiger partial charge is 0.303 e. The van der Waals surface area contributed by atoms with Gasteiger partial charge < -0.3 is 9.53 Å². The van der Waals surface area contributed by atoms with Crippen LogP contribution in [0.25, 0.3) is 0 Å². The molecule has 0 radical (unpaired) electrons. The molecule has 0 N–H and O–H groups in total.